The van der Waals surface area contributed by atoms with Crippen LogP contribution in [0.25, 0.3) is 11.4 Å². The summed E-state index contributed by atoms with van der Waals surface area (Å²) in [6, 6.07) is 16.7. The van der Waals surface area contributed by atoms with Gasteiger partial charge in [0.2, 0.25) is 17.6 Å². The highest BCUT2D eigenvalue weighted by Gasteiger charge is 2.12. The number of halogens is 1. The van der Waals surface area contributed by atoms with E-state index < -0.39 is 0 Å². The lowest BCUT2D eigenvalue weighted by molar-refractivity contribution is -0.113. The molecule has 2 aromatic carbocycles. The number of thiazole rings is 1. The quantitative estimate of drug-likeness (QED) is 0.398. The van der Waals surface area contributed by atoms with Gasteiger partial charge in [-0.1, -0.05) is 58.9 Å². The van der Waals surface area contributed by atoms with Crippen molar-refractivity contribution in [2.24, 2.45) is 0 Å². The molecule has 1 N–H and O–H groups in total. The number of hydrogen-bond donors (Lipinski definition) is 1. The molecule has 0 aliphatic heterocycles. The van der Waals surface area contributed by atoms with Crippen LogP contribution in [0.3, 0.4) is 0 Å². The topological polar surface area (TPSA) is 80.9 Å². The molecule has 4 rings (SSSR count). The van der Waals surface area contributed by atoms with E-state index in [2.05, 4.69) is 20.4 Å². The number of benzene rings is 2. The van der Waals surface area contributed by atoms with Crippen molar-refractivity contribution in [3.8, 4) is 11.4 Å². The van der Waals surface area contributed by atoms with E-state index in [0.717, 1.165) is 15.6 Å². The summed E-state index contributed by atoms with van der Waals surface area (Å²) in [6.45, 7) is 0. The van der Waals surface area contributed by atoms with E-state index in [1.54, 1.807) is 24.3 Å². The van der Waals surface area contributed by atoms with E-state index in [9.17, 15) is 4.79 Å². The first-order chi connectivity index (χ1) is 14.2. The third-order valence-electron chi connectivity index (χ3n) is 3.82. The summed E-state index contributed by atoms with van der Waals surface area (Å²) in [5, 5.41) is 9.41. The minimum absolute atomic E-state index is 0.0986. The molecule has 0 spiro atoms. The average Bonchev–Trinajstić information content (AvgIpc) is 3.39. The molecule has 0 fully saturated rings. The van der Waals surface area contributed by atoms with Gasteiger partial charge in [0, 0.05) is 21.7 Å². The summed E-state index contributed by atoms with van der Waals surface area (Å²) in [5.41, 5.74) is 2.45. The lowest BCUT2D eigenvalue weighted by Crippen LogP contribution is -2.13. The Balaban J connectivity index is 1.30. The molecular formula is C20H15ClN4O2S2. The maximum absolute atomic E-state index is 12.1. The normalized spacial score (nSPS) is 10.8. The van der Waals surface area contributed by atoms with Crippen LogP contribution in [0.4, 0.5) is 5.69 Å². The standard InChI is InChI=1S/C20H15ClN4O2S2/c21-14-6-8-15(9-7-14)22-17(26)12-29-20-23-16(11-28-20)10-18-24-19(25-27-18)13-4-2-1-3-5-13/h1-9,11H,10,12H2,(H,22,26). The number of nitrogens with one attached hydrogen (secondary N) is 1. The Labute approximate surface area is 180 Å². The molecule has 0 unspecified atom stereocenters. The highest BCUT2D eigenvalue weighted by molar-refractivity contribution is 8.01. The zero-order chi connectivity index (χ0) is 20.1. The smallest absolute Gasteiger partial charge is 0.234 e. The van der Waals surface area contributed by atoms with Crippen LogP contribution in [0.5, 0.6) is 0 Å². The third-order valence-corrected chi connectivity index (χ3v) is 6.14. The molecule has 6 nitrogen and oxygen atoms in total. The molecule has 0 radical (unpaired) electrons. The number of nitrogens with zero attached hydrogens (tertiary/aromatic N) is 3. The zero-order valence-electron chi connectivity index (χ0n) is 15.0. The van der Waals surface area contributed by atoms with E-state index in [4.69, 9.17) is 16.1 Å². The fourth-order valence-corrected chi connectivity index (χ4v) is 4.25. The monoisotopic (exact) mass is 442 g/mol. The molecule has 146 valence electrons. The van der Waals surface area contributed by atoms with Crippen LogP contribution in [0.1, 0.15) is 11.6 Å². The Hall–Kier alpha value is -2.68. The number of thioether (sulfide) groups is 1. The summed E-state index contributed by atoms with van der Waals surface area (Å²) >= 11 is 8.72. The van der Waals surface area contributed by atoms with Crippen LogP contribution < -0.4 is 5.32 Å². The fraction of sp³-hybridized carbons (Fsp3) is 0.100. The first-order valence-electron chi connectivity index (χ1n) is 8.66. The summed E-state index contributed by atoms with van der Waals surface area (Å²) in [5.74, 6) is 1.24. The Morgan fingerprint density at radius 1 is 1.10 bits per heavy atom. The number of hydrogen-bond acceptors (Lipinski definition) is 7. The van der Waals surface area contributed by atoms with Crippen LogP contribution >= 0.6 is 34.7 Å². The molecule has 0 atom stereocenters. The highest BCUT2D eigenvalue weighted by Crippen LogP contribution is 2.24. The Morgan fingerprint density at radius 2 is 1.90 bits per heavy atom. The summed E-state index contributed by atoms with van der Waals surface area (Å²) in [7, 11) is 0. The van der Waals surface area contributed by atoms with Crippen molar-refractivity contribution < 1.29 is 9.32 Å². The lowest BCUT2D eigenvalue weighted by atomic mass is 10.2. The molecule has 2 aromatic heterocycles. The van der Waals surface area contributed by atoms with Gasteiger partial charge in [0.05, 0.1) is 17.9 Å². The van der Waals surface area contributed by atoms with Crippen molar-refractivity contribution in [2.75, 3.05) is 11.1 Å². The molecule has 1 amide bonds. The maximum Gasteiger partial charge on any atom is 0.234 e. The van der Waals surface area contributed by atoms with E-state index in [0.29, 0.717) is 28.8 Å². The molecule has 9 heteroatoms. The van der Waals surface area contributed by atoms with Gasteiger partial charge in [0.25, 0.3) is 0 Å². The molecule has 0 saturated heterocycles. The summed E-state index contributed by atoms with van der Waals surface area (Å²) in [4.78, 5) is 21.0. The number of carbonyl (C=O) groups excluding carboxylic acids is 1. The fourth-order valence-electron chi connectivity index (χ4n) is 2.48. The van der Waals surface area contributed by atoms with Gasteiger partial charge >= 0.3 is 0 Å². The van der Waals surface area contributed by atoms with Crippen molar-refractivity contribution in [1.82, 2.24) is 15.1 Å². The number of aromatic nitrogens is 3. The van der Waals surface area contributed by atoms with Crippen molar-refractivity contribution >= 4 is 46.3 Å². The lowest BCUT2D eigenvalue weighted by Gasteiger charge is -2.03. The number of anilines is 1. The van der Waals surface area contributed by atoms with E-state index in [1.165, 1.54) is 23.1 Å². The zero-order valence-corrected chi connectivity index (χ0v) is 17.4. The van der Waals surface area contributed by atoms with Gasteiger partial charge in [-0.15, -0.1) is 11.3 Å². The molecule has 0 bridgehead atoms. The Bertz CT molecular complexity index is 1100. The van der Waals surface area contributed by atoms with Crippen LogP contribution in [-0.4, -0.2) is 26.8 Å². The van der Waals surface area contributed by atoms with Gasteiger partial charge in [-0.3, -0.25) is 4.79 Å². The van der Waals surface area contributed by atoms with Gasteiger partial charge in [0.15, 0.2) is 4.34 Å². The number of carbonyl (C=O) groups is 1. The molecular weight excluding hydrogens is 428 g/mol. The Morgan fingerprint density at radius 3 is 2.69 bits per heavy atom. The molecule has 0 saturated carbocycles. The van der Waals surface area contributed by atoms with Gasteiger partial charge in [0.1, 0.15) is 0 Å². The van der Waals surface area contributed by atoms with Gasteiger partial charge in [-0.05, 0) is 24.3 Å². The van der Waals surface area contributed by atoms with Crippen molar-refractivity contribution in [1.29, 1.82) is 0 Å². The Kier molecular flexibility index (Phi) is 6.24. The predicted molar refractivity (Wildman–Crippen MR) is 115 cm³/mol. The van der Waals surface area contributed by atoms with E-state index in [1.807, 2.05) is 35.7 Å². The van der Waals surface area contributed by atoms with Crippen molar-refractivity contribution in [2.45, 2.75) is 10.8 Å². The van der Waals surface area contributed by atoms with Crippen LogP contribution in [0.2, 0.25) is 5.02 Å². The van der Waals surface area contributed by atoms with Crippen LogP contribution in [0.15, 0.2) is 68.8 Å². The molecule has 0 aliphatic rings. The summed E-state index contributed by atoms with van der Waals surface area (Å²) in [6.07, 6.45) is 0.452. The second kappa shape index (κ2) is 9.21. The van der Waals surface area contributed by atoms with Crippen LogP contribution in [-0.2, 0) is 11.2 Å². The van der Waals surface area contributed by atoms with Gasteiger partial charge < -0.3 is 9.84 Å². The number of rotatable bonds is 7. The maximum atomic E-state index is 12.1. The van der Waals surface area contributed by atoms with E-state index >= 15 is 0 Å². The highest BCUT2D eigenvalue weighted by atomic mass is 35.5. The van der Waals surface area contributed by atoms with Gasteiger partial charge in [-0.2, -0.15) is 4.98 Å². The molecule has 29 heavy (non-hydrogen) atoms. The third kappa shape index (κ3) is 5.44. The predicted octanol–water partition coefficient (Wildman–Crippen LogP) is 5.17. The SMILES string of the molecule is O=C(CSc1nc(Cc2nc(-c3ccccc3)no2)cs1)Nc1ccc(Cl)cc1. The van der Waals surface area contributed by atoms with Crippen LogP contribution in [0, 0.1) is 0 Å². The average molecular weight is 443 g/mol. The molecule has 0 aliphatic carbocycles. The first-order valence-corrected chi connectivity index (χ1v) is 10.9. The first kappa shape index (κ1) is 19.6. The van der Waals surface area contributed by atoms with Crippen molar-refractivity contribution in [3.05, 3.63) is 76.6 Å². The largest absolute Gasteiger partial charge is 0.339 e. The summed E-state index contributed by atoms with van der Waals surface area (Å²) < 4.78 is 6.14. The minimum atomic E-state index is -0.0986. The number of amides is 1. The van der Waals surface area contributed by atoms with Crippen molar-refractivity contribution in [3.63, 3.8) is 0 Å². The molecule has 4 aromatic rings. The minimum Gasteiger partial charge on any atom is -0.339 e. The van der Waals surface area contributed by atoms with Gasteiger partial charge in [-0.25, -0.2) is 4.98 Å². The second-order valence-electron chi connectivity index (χ2n) is 6.00. The van der Waals surface area contributed by atoms with E-state index in [-0.39, 0.29) is 11.7 Å². The second-order valence-corrected chi connectivity index (χ2v) is 8.52. The molecule has 2 heterocycles.